The zero-order valence-corrected chi connectivity index (χ0v) is 15.9. The van der Waals surface area contributed by atoms with Crippen LogP contribution in [0.15, 0.2) is 12.1 Å². The highest BCUT2D eigenvalue weighted by molar-refractivity contribution is 6.02. The van der Waals surface area contributed by atoms with Gasteiger partial charge in [0, 0.05) is 61.5 Å². The van der Waals surface area contributed by atoms with Crippen molar-refractivity contribution in [3.05, 3.63) is 28.8 Å². The van der Waals surface area contributed by atoms with Gasteiger partial charge in [-0.15, -0.1) is 0 Å². The number of benzene rings is 1. The number of ether oxygens (including phenoxy) is 1. The van der Waals surface area contributed by atoms with E-state index in [2.05, 4.69) is 10.6 Å². The van der Waals surface area contributed by atoms with Crippen molar-refractivity contribution in [2.24, 2.45) is 11.8 Å². The summed E-state index contributed by atoms with van der Waals surface area (Å²) in [7, 11) is 1.56. The van der Waals surface area contributed by atoms with E-state index in [1.165, 1.54) is 0 Å². The number of rotatable bonds is 4. The number of fused-ring (bicyclic) bond motifs is 2. The molecular weight excluding hydrogens is 346 g/mol. The third-order valence-electron chi connectivity index (χ3n) is 6.01. The van der Waals surface area contributed by atoms with Gasteiger partial charge in [-0.25, -0.2) is 0 Å². The minimum absolute atomic E-state index is 0.115. The third kappa shape index (κ3) is 2.95. The van der Waals surface area contributed by atoms with E-state index in [0.717, 1.165) is 18.7 Å². The van der Waals surface area contributed by atoms with E-state index in [4.69, 9.17) is 4.74 Å². The molecule has 1 saturated carbocycles. The molecule has 1 aliphatic carbocycles. The molecule has 2 heterocycles. The Morgan fingerprint density at radius 3 is 2.52 bits per heavy atom. The first-order valence-corrected chi connectivity index (χ1v) is 9.56. The second kappa shape index (κ2) is 6.55. The molecule has 1 saturated heterocycles. The van der Waals surface area contributed by atoms with Crippen molar-refractivity contribution in [3.8, 4) is 5.75 Å². The van der Waals surface area contributed by atoms with Crippen LogP contribution in [0.4, 0.5) is 0 Å². The van der Waals surface area contributed by atoms with Gasteiger partial charge in [0.1, 0.15) is 5.75 Å². The molecule has 7 heteroatoms. The molecule has 1 unspecified atom stereocenters. The second-order valence-electron chi connectivity index (χ2n) is 7.71. The molecule has 7 nitrogen and oxygen atoms in total. The zero-order valence-electron chi connectivity index (χ0n) is 15.9. The summed E-state index contributed by atoms with van der Waals surface area (Å²) < 4.78 is 5.67. The summed E-state index contributed by atoms with van der Waals surface area (Å²) in [5.41, 5.74) is 1.79. The maximum Gasteiger partial charge on any atom is 0.254 e. The number of nitrogens with zero attached hydrogens (tertiary/aromatic N) is 1. The number of piperidine rings is 1. The number of likely N-dealkylation sites (tertiary alicyclic amines) is 1. The lowest BCUT2D eigenvalue weighted by molar-refractivity contribution is -0.130. The van der Waals surface area contributed by atoms with Crippen molar-refractivity contribution in [2.75, 3.05) is 26.7 Å². The van der Waals surface area contributed by atoms with Gasteiger partial charge in [-0.3, -0.25) is 14.4 Å². The van der Waals surface area contributed by atoms with Crippen molar-refractivity contribution < 1.29 is 19.1 Å². The molecule has 144 valence electrons. The van der Waals surface area contributed by atoms with E-state index in [9.17, 15) is 14.4 Å². The van der Waals surface area contributed by atoms with E-state index < -0.39 is 0 Å². The van der Waals surface area contributed by atoms with Gasteiger partial charge in [-0.05, 0) is 12.1 Å². The molecule has 3 amide bonds. The maximum atomic E-state index is 12.8. The Labute approximate surface area is 158 Å². The smallest absolute Gasteiger partial charge is 0.254 e. The van der Waals surface area contributed by atoms with E-state index in [1.54, 1.807) is 13.1 Å². The fraction of sp³-hybridized carbons (Fsp3) is 0.550. The predicted octanol–water partition coefficient (Wildman–Crippen LogP) is 1.14. The summed E-state index contributed by atoms with van der Waals surface area (Å²) in [5, 5.41) is 5.70. The molecule has 4 rings (SSSR count). The van der Waals surface area contributed by atoms with Crippen LogP contribution in [0.5, 0.6) is 5.75 Å². The molecular formula is C20H25N3O4. The van der Waals surface area contributed by atoms with Crippen LogP contribution in [0.1, 0.15) is 52.5 Å². The molecule has 4 atom stereocenters. The zero-order chi connectivity index (χ0) is 19.3. The fourth-order valence-electron chi connectivity index (χ4n) is 4.31. The lowest BCUT2D eigenvalue weighted by atomic mass is 9.97. The van der Waals surface area contributed by atoms with Crippen LogP contribution < -0.4 is 15.4 Å². The normalized spacial score (nSPS) is 27.4. The SMILES string of the molecule is CCC(=O)N1C[C@@H]2C(NC(=O)c3cc(C(=O)NC)c4c(c3)[C@H](C)CO4)[C@@H]2C1. The Morgan fingerprint density at radius 2 is 1.89 bits per heavy atom. The first-order chi connectivity index (χ1) is 12.9. The minimum atomic E-state index is -0.257. The quantitative estimate of drug-likeness (QED) is 0.831. The number of carbonyl (C=O) groups excluding carboxylic acids is 3. The largest absolute Gasteiger partial charge is 0.492 e. The van der Waals surface area contributed by atoms with Crippen LogP contribution in [0.25, 0.3) is 0 Å². The number of hydrogen-bond donors (Lipinski definition) is 2. The summed E-state index contributed by atoms with van der Waals surface area (Å²) in [6.45, 7) is 5.85. The van der Waals surface area contributed by atoms with Gasteiger partial charge in [-0.2, -0.15) is 0 Å². The van der Waals surface area contributed by atoms with Gasteiger partial charge in [0.25, 0.3) is 11.8 Å². The molecule has 0 aromatic heterocycles. The van der Waals surface area contributed by atoms with Crippen LogP contribution in [-0.2, 0) is 4.79 Å². The first kappa shape index (κ1) is 17.8. The van der Waals surface area contributed by atoms with E-state index >= 15 is 0 Å². The Morgan fingerprint density at radius 1 is 1.19 bits per heavy atom. The van der Waals surface area contributed by atoms with Gasteiger partial charge in [-0.1, -0.05) is 13.8 Å². The van der Waals surface area contributed by atoms with Gasteiger partial charge in [0.2, 0.25) is 5.91 Å². The molecule has 2 aliphatic heterocycles. The standard InChI is InChI=1S/C20H25N3O4/c1-4-16(24)23-7-14-15(8-23)17(14)22-19(25)11-5-12-10(2)9-27-18(12)13(6-11)20(26)21-3/h5-6,10,14-15,17H,4,7-9H2,1-3H3,(H,21,26)(H,22,25)/t10-,14-,15+,17?/m1/s1. The number of amides is 3. The number of carbonyl (C=O) groups is 3. The van der Waals surface area contributed by atoms with Crippen LogP contribution in [0.3, 0.4) is 0 Å². The Hall–Kier alpha value is -2.57. The molecule has 0 spiro atoms. The second-order valence-corrected chi connectivity index (χ2v) is 7.71. The molecule has 1 aromatic carbocycles. The number of hydrogen-bond acceptors (Lipinski definition) is 4. The van der Waals surface area contributed by atoms with Crippen LogP contribution in [0, 0.1) is 11.8 Å². The van der Waals surface area contributed by atoms with E-state index in [-0.39, 0.29) is 29.7 Å². The van der Waals surface area contributed by atoms with Crippen LogP contribution in [0.2, 0.25) is 0 Å². The highest BCUT2D eigenvalue weighted by Gasteiger charge is 2.57. The number of nitrogens with one attached hydrogen (secondary N) is 2. The predicted molar refractivity (Wildman–Crippen MR) is 98.8 cm³/mol. The minimum Gasteiger partial charge on any atom is -0.492 e. The summed E-state index contributed by atoms with van der Waals surface area (Å²) in [4.78, 5) is 38.7. The monoisotopic (exact) mass is 371 g/mol. The van der Waals surface area contributed by atoms with Gasteiger partial charge in [0.15, 0.2) is 0 Å². The molecule has 0 radical (unpaired) electrons. The van der Waals surface area contributed by atoms with Crippen molar-refractivity contribution in [1.29, 1.82) is 0 Å². The molecule has 2 fully saturated rings. The average molecular weight is 371 g/mol. The summed E-state index contributed by atoms with van der Waals surface area (Å²) >= 11 is 0. The molecule has 3 aliphatic rings. The molecule has 0 bridgehead atoms. The highest BCUT2D eigenvalue weighted by atomic mass is 16.5. The summed E-state index contributed by atoms with van der Waals surface area (Å²) in [5.74, 6) is 1.16. The van der Waals surface area contributed by atoms with Gasteiger partial charge < -0.3 is 20.3 Å². The van der Waals surface area contributed by atoms with Crippen molar-refractivity contribution in [3.63, 3.8) is 0 Å². The molecule has 27 heavy (non-hydrogen) atoms. The van der Waals surface area contributed by atoms with Gasteiger partial charge >= 0.3 is 0 Å². The molecule has 1 aromatic rings. The Bertz CT molecular complexity index is 810. The van der Waals surface area contributed by atoms with Crippen molar-refractivity contribution in [1.82, 2.24) is 15.5 Å². The topological polar surface area (TPSA) is 87.7 Å². The Kier molecular flexibility index (Phi) is 4.32. The van der Waals surface area contributed by atoms with Crippen LogP contribution >= 0.6 is 0 Å². The molecule has 2 N–H and O–H groups in total. The fourth-order valence-corrected chi connectivity index (χ4v) is 4.31. The highest BCUT2D eigenvalue weighted by Crippen LogP contribution is 2.46. The van der Waals surface area contributed by atoms with E-state index in [0.29, 0.717) is 41.7 Å². The lowest BCUT2D eigenvalue weighted by Crippen LogP contribution is -2.37. The summed E-state index contributed by atoms with van der Waals surface area (Å²) in [6, 6.07) is 3.56. The lowest BCUT2D eigenvalue weighted by Gasteiger charge is -2.19. The van der Waals surface area contributed by atoms with Gasteiger partial charge in [0.05, 0.1) is 12.2 Å². The van der Waals surface area contributed by atoms with Crippen LogP contribution in [-0.4, -0.2) is 55.4 Å². The third-order valence-corrected chi connectivity index (χ3v) is 6.01. The summed E-state index contributed by atoms with van der Waals surface area (Å²) in [6.07, 6.45) is 0.522. The van der Waals surface area contributed by atoms with E-state index in [1.807, 2.05) is 24.8 Å². The first-order valence-electron chi connectivity index (χ1n) is 9.56. The van der Waals surface area contributed by atoms with Crippen molar-refractivity contribution in [2.45, 2.75) is 32.2 Å². The average Bonchev–Trinajstić information content (AvgIpc) is 3.03. The van der Waals surface area contributed by atoms with Crippen molar-refractivity contribution >= 4 is 17.7 Å². The maximum absolute atomic E-state index is 12.8. The Balaban J connectivity index is 1.49.